The van der Waals surface area contributed by atoms with Crippen molar-refractivity contribution in [2.75, 3.05) is 0 Å². The highest BCUT2D eigenvalue weighted by atomic mass is 19.3. The molecule has 4 rings (SSSR count). The van der Waals surface area contributed by atoms with Gasteiger partial charge in [-0.15, -0.1) is 0 Å². The Balaban J connectivity index is 1.31. The molecule has 3 aromatic carbocycles. The quantitative estimate of drug-likeness (QED) is 0.228. The normalized spacial score (nSPS) is 18.3. The van der Waals surface area contributed by atoms with Crippen LogP contribution in [0.2, 0.25) is 0 Å². The molecule has 0 aliphatic heterocycles. The number of halogens is 2. The molecule has 0 N–H and O–H groups in total. The van der Waals surface area contributed by atoms with Crippen molar-refractivity contribution < 1.29 is 8.78 Å². The highest BCUT2D eigenvalue weighted by Crippen LogP contribution is 2.36. The zero-order valence-corrected chi connectivity index (χ0v) is 20.5. The molecule has 0 atom stereocenters. The molecule has 0 heterocycles. The van der Waals surface area contributed by atoms with Crippen LogP contribution in [-0.2, 0) is 0 Å². The van der Waals surface area contributed by atoms with E-state index >= 15 is 0 Å². The number of hydrogen-bond donors (Lipinski definition) is 0. The summed E-state index contributed by atoms with van der Waals surface area (Å²) in [7, 11) is 0. The topological polar surface area (TPSA) is 0 Å². The first kappa shape index (κ1) is 24.9. The second-order valence-electron chi connectivity index (χ2n) is 9.67. The van der Waals surface area contributed by atoms with Crippen molar-refractivity contribution in [1.29, 1.82) is 0 Å². The van der Waals surface area contributed by atoms with Crippen LogP contribution in [0, 0.1) is 5.92 Å². The molecular formula is C33H34F2. The van der Waals surface area contributed by atoms with Gasteiger partial charge >= 0.3 is 0 Å². The van der Waals surface area contributed by atoms with Gasteiger partial charge in [-0.3, -0.25) is 0 Å². The lowest BCUT2D eigenvalue weighted by Gasteiger charge is -2.26. The highest BCUT2D eigenvalue weighted by Gasteiger charge is 2.19. The zero-order chi connectivity index (χ0) is 24.5. The summed E-state index contributed by atoms with van der Waals surface area (Å²) in [5, 5.41) is 0. The number of hydrogen-bond acceptors (Lipinski definition) is 0. The first-order chi connectivity index (χ1) is 17.1. The second kappa shape index (κ2) is 12.4. The fourth-order valence-electron chi connectivity index (χ4n) is 4.75. The Bertz CT molecular complexity index is 1140. The maximum Gasteiger partial charge on any atom is 0.266 e. The maximum atomic E-state index is 12.0. The lowest BCUT2D eigenvalue weighted by Crippen LogP contribution is -2.10. The Hall–Kier alpha value is -3.26. The standard InChI is InChI=1S/C33H34F2/c1-25-7-17-29(18-8-25)31-21-23-32(24-22-31)30-19-15-28(16-20-30)14-13-27-11-9-26(10-12-27)5-3-2-4-6-33(34)35/h3,5-6,9-16,19-25,29H,2,4,7-8,17-18H2,1H3/b5-3+,14-13+. The minimum Gasteiger partial charge on any atom is -0.174 e. The van der Waals surface area contributed by atoms with Crippen LogP contribution in [0.5, 0.6) is 0 Å². The third kappa shape index (κ3) is 7.62. The largest absolute Gasteiger partial charge is 0.266 e. The Morgan fingerprint density at radius 1 is 0.657 bits per heavy atom. The summed E-state index contributed by atoms with van der Waals surface area (Å²) in [6, 6.07) is 26.1. The number of rotatable bonds is 8. The predicted octanol–water partition coefficient (Wildman–Crippen LogP) is 10.4. The Morgan fingerprint density at radius 3 is 1.69 bits per heavy atom. The lowest BCUT2D eigenvalue weighted by atomic mass is 9.79. The average molecular weight is 469 g/mol. The van der Waals surface area contributed by atoms with Crippen molar-refractivity contribution >= 4 is 18.2 Å². The molecular weight excluding hydrogens is 434 g/mol. The highest BCUT2D eigenvalue weighted by molar-refractivity contribution is 5.72. The maximum absolute atomic E-state index is 12.0. The SMILES string of the molecule is CC1CCC(c2ccc(-c3ccc(/C=C/c4ccc(/C=C/CCC=C(F)F)cc4)cc3)cc2)CC1. The van der Waals surface area contributed by atoms with E-state index in [0.29, 0.717) is 12.8 Å². The number of unbranched alkanes of at least 4 members (excludes halogenated alkanes) is 1. The van der Waals surface area contributed by atoms with Gasteiger partial charge in [0, 0.05) is 0 Å². The zero-order valence-electron chi connectivity index (χ0n) is 20.5. The molecule has 3 aromatic rings. The van der Waals surface area contributed by atoms with Crippen molar-refractivity contribution in [2.45, 2.75) is 51.4 Å². The van der Waals surface area contributed by atoms with Gasteiger partial charge in [-0.25, -0.2) is 0 Å². The van der Waals surface area contributed by atoms with Gasteiger partial charge in [-0.2, -0.15) is 8.78 Å². The van der Waals surface area contributed by atoms with Crippen LogP contribution < -0.4 is 0 Å². The van der Waals surface area contributed by atoms with Crippen molar-refractivity contribution in [2.24, 2.45) is 5.92 Å². The number of benzene rings is 3. The molecule has 1 aliphatic carbocycles. The second-order valence-corrected chi connectivity index (χ2v) is 9.67. The van der Waals surface area contributed by atoms with Crippen LogP contribution in [0.1, 0.15) is 73.6 Å². The fourth-order valence-corrected chi connectivity index (χ4v) is 4.75. The van der Waals surface area contributed by atoms with E-state index in [-0.39, 0.29) is 0 Å². The molecule has 35 heavy (non-hydrogen) atoms. The average Bonchev–Trinajstić information content (AvgIpc) is 2.89. The van der Waals surface area contributed by atoms with Gasteiger partial charge in [-0.05, 0) is 77.0 Å². The molecule has 0 radical (unpaired) electrons. The van der Waals surface area contributed by atoms with Crippen molar-refractivity contribution in [1.82, 2.24) is 0 Å². The molecule has 0 nitrogen and oxygen atoms in total. The van der Waals surface area contributed by atoms with Gasteiger partial charge < -0.3 is 0 Å². The smallest absolute Gasteiger partial charge is 0.174 e. The van der Waals surface area contributed by atoms with E-state index in [1.165, 1.54) is 47.9 Å². The van der Waals surface area contributed by atoms with Crippen LogP contribution in [-0.4, -0.2) is 0 Å². The van der Waals surface area contributed by atoms with E-state index < -0.39 is 6.08 Å². The molecule has 2 heteroatoms. The molecule has 0 saturated heterocycles. The van der Waals surface area contributed by atoms with E-state index in [9.17, 15) is 8.78 Å². The first-order valence-electron chi connectivity index (χ1n) is 12.7. The van der Waals surface area contributed by atoms with Gasteiger partial charge in [0.1, 0.15) is 0 Å². The van der Waals surface area contributed by atoms with Crippen LogP contribution >= 0.6 is 0 Å². The Labute approximate surface area is 208 Å². The Morgan fingerprint density at radius 2 is 1.14 bits per heavy atom. The van der Waals surface area contributed by atoms with E-state index in [4.69, 9.17) is 0 Å². The summed E-state index contributed by atoms with van der Waals surface area (Å²) < 4.78 is 24.1. The first-order valence-corrected chi connectivity index (χ1v) is 12.7. The summed E-state index contributed by atoms with van der Waals surface area (Å²) in [5.74, 6) is 1.62. The molecule has 180 valence electrons. The van der Waals surface area contributed by atoms with Gasteiger partial charge in [0.15, 0.2) is 0 Å². The summed E-state index contributed by atoms with van der Waals surface area (Å²) in [5.41, 5.74) is 7.36. The summed E-state index contributed by atoms with van der Waals surface area (Å²) >= 11 is 0. The lowest BCUT2D eigenvalue weighted by molar-refractivity contribution is 0.348. The molecule has 0 bridgehead atoms. The monoisotopic (exact) mass is 468 g/mol. The van der Waals surface area contributed by atoms with Gasteiger partial charge in [-0.1, -0.05) is 117 Å². The molecule has 1 saturated carbocycles. The molecule has 0 spiro atoms. The summed E-state index contributed by atoms with van der Waals surface area (Å²) in [4.78, 5) is 0. The van der Waals surface area contributed by atoms with Crippen LogP contribution in [0.15, 0.2) is 91.0 Å². The third-order valence-electron chi connectivity index (χ3n) is 6.99. The van der Waals surface area contributed by atoms with Gasteiger partial charge in [0.25, 0.3) is 6.08 Å². The molecule has 0 amide bonds. The van der Waals surface area contributed by atoms with Crippen molar-refractivity contribution in [3.63, 3.8) is 0 Å². The van der Waals surface area contributed by atoms with Gasteiger partial charge in [0.05, 0.1) is 0 Å². The Kier molecular flexibility index (Phi) is 8.84. The minimum absolute atomic E-state index is 0.365. The molecule has 1 fully saturated rings. The molecule has 0 unspecified atom stereocenters. The van der Waals surface area contributed by atoms with Gasteiger partial charge in [0.2, 0.25) is 0 Å². The van der Waals surface area contributed by atoms with E-state index in [1.807, 2.05) is 24.3 Å². The molecule has 1 aliphatic rings. The summed E-state index contributed by atoms with van der Waals surface area (Å²) in [6.07, 6.45) is 13.8. The van der Waals surface area contributed by atoms with E-state index in [2.05, 4.69) is 79.7 Å². The molecule has 0 aromatic heterocycles. The minimum atomic E-state index is -1.61. The van der Waals surface area contributed by atoms with Crippen LogP contribution in [0.4, 0.5) is 8.78 Å². The van der Waals surface area contributed by atoms with E-state index in [1.54, 1.807) is 0 Å². The third-order valence-corrected chi connectivity index (χ3v) is 6.99. The van der Waals surface area contributed by atoms with Crippen molar-refractivity contribution in [3.05, 3.63) is 113 Å². The van der Waals surface area contributed by atoms with E-state index in [0.717, 1.165) is 29.0 Å². The fraction of sp³-hybridized carbons (Fsp3) is 0.273. The number of allylic oxidation sites excluding steroid dienone is 2. The van der Waals surface area contributed by atoms with Crippen LogP contribution in [0.3, 0.4) is 0 Å². The van der Waals surface area contributed by atoms with Crippen molar-refractivity contribution in [3.8, 4) is 11.1 Å². The summed E-state index contributed by atoms with van der Waals surface area (Å²) in [6.45, 7) is 2.37. The predicted molar refractivity (Wildman–Crippen MR) is 146 cm³/mol. The van der Waals surface area contributed by atoms with Crippen LogP contribution in [0.25, 0.3) is 29.4 Å².